The SMILES string of the molecule is N[C@H](C(=O)Nc1cccc(F)c1CCC1CNC2CCCS(O)(O)N1C2)[C@@H](c1ccc(Cl)cc1)C1CCOC(CC(F)(F)F)C1. The number of anilines is 1. The molecule has 250 valence electrons. The minimum absolute atomic E-state index is 0.0744. The molecule has 0 aliphatic carbocycles. The van der Waals surface area contributed by atoms with Crippen molar-refractivity contribution >= 4 is 34.0 Å². The first kappa shape index (κ1) is 34.4. The van der Waals surface area contributed by atoms with Crippen LogP contribution in [-0.4, -0.2) is 75.2 Å². The zero-order chi connectivity index (χ0) is 32.4. The number of fused-ring (bicyclic) bond motifs is 2. The summed E-state index contributed by atoms with van der Waals surface area (Å²) in [7, 11) is -2.93. The Balaban J connectivity index is 1.33. The van der Waals surface area contributed by atoms with Gasteiger partial charge >= 0.3 is 6.18 Å². The third kappa shape index (κ3) is 8.69. The number of nitrogens with two attached hydrogens (primary N) is 1. The summed E-state index contributed by atoms with van der Waals surface area (Å²) in [5.74, 6) is -1.83. The molecule has 3 saturated heterocycles. The molecule has 0 aromatic heterocycles. The van der Waals surface area contributed by atoms with E-state index in [9.17, 15) is 27.1 Å². The molecule has 6 N–H and O–H groups in total. The van der Waals surface area contributed by atoms with E-state index in [0.717, 1.165) is 6.42 Å². The van der Waals surface area contributed by atoms with Crippen LogP contribution in [0.2, 0.25) is 5.02 Å². The van der Waals surface area contributed by atoms with E-state index in [2.05, 4.69) is 10.6 Å². The van der Waals surface area contributed by atoms with E-state index in [1.54, 1.807) is 34.6 Å². The van der Waals surface area contributed by atoms with Crippen LogP contribution < -0.4 is 16.4 Å². The van der Waals surface area contributed by atoms with Crippen LogP contribution in [0.1, 0.15) is 55.6 Å². The topological polar surface area (TPSA) is 120 Å². The van der Waals surface area contributed by atoms with Crippen LogP contribution in [0, 0.1) is 11.7 Å². The van der Waals surface area contributed by atoms with Crippen molar-refractivity contribution in [3.8, 4) is 0 Å². The highest BCUT2D eigenvalue weighted by Crippen LogP contribution is 2.49. The Morgan fingerprint density at radius 2 is 1.96 bits per heavy atom. The van der Waals surface area contributed by atoms with Gasteiger partial charge < -0.3 is 21.1 Å². The van der Waals surface area contributed by atoms with Crippen LogP contribution in [0.5, 0.6) is 0 Å². The second-order valence-corrected chi connectivity index (χ2v) is 14.9. The van der Waals surface area contributed by atoms with Crippen molar-refractivity contribution in [1.29, 1.82) is 0 Å². The Bertz CT molecular complexity index is 1320. The molecule has 3 fully saturated rings. The zero-order valence-corrected chi connectivity index (χ0v) is 26.4. The van der Waals surface area contributed by atoms with E-state index < -0.39 is 53.2 Å². The van der Waals surface area contributed by atoms with Gasteiger partial charge in [0.2, 0.25) is 5.91 Å². The third-order valence-electron chi connectivity index (χ3n) is 9.22. The highest BCUT2D eigenvalue weighted by atomic mass is 35.5. The minimum Gasteiger partial charge on any atom is -0.378 e. The van der Waals surface area contributed by atoms with Gasteiger partial charge in [-0.25, -0.2) is 8.70 Å². The number of halogens is 5. The largest absolute Gasteiger partial charge is 0.391 e. The molecular weight excluding hydrogens is 636 g/mol. The van der Waals surface area contributed by atoms with Gasteiger partial charge in [0, 0.05) is 54.0 Å². The van der Waals surface area contributed by atoms with E-state index in [0.29, 0.717) is 48.7 Å². The number of hydrogen-bond acceptors (Lipinski definition) is 7. The number of piperazine rings is 1. The number of carbonyl (C=O) groups excluding carboxylic acids is 1. The molecule has 7 atom stereocenters. The average Bonchev–Trinajstić information content (AvgIpc) is 3.09. The van der Waals surface area contributed by atoms with Crippen LogP contribution in [0.25, 0.3) is 0 Å². The molecular formula is C31H41ClF4N4O4S. The number of nitrogens with one attached hydrogen (secondary N) is 2. The number of nitrogens with zero attached hydrogens (tertiary/aromatic N) is 1. The van der Waals surface area contributed by atoms with Gasteiger partial charge in [-0.1, -0.05) is 29.8 Å². The van der Waals surface area contributed by atoms with Crippen molar-refractivity contribution < 1.29 is 36.2 Å². The highest BCUT2D eigenvalue weighted by Gasteiger charge is 2.41. The third-order valence-corrected chi connectivity index (χ3v) is 11.5. The van der Waals surface area contributed by atoms with Crippen molar-refractivity contribution in [2.45, 2.75) is 81.3 Å². The van der Waals surface area contributed by atoms with Gasteiger partial charge in [-0.15, -0.1) is 10.8 Å². The number of carbonyl (C=O) groups is 1. The molecule has 5 unspecified atom stereocenters. The fourth-order valence-corrected chi connectivity index (χ4v) is 8.98. The number of hydrogen-bond donors (Lipinski definition) is 5. The minimum atomic E-state index is -4.39. The van der Waals surface area contributed by atoms with Crippen LogP contribution in [-0.2, 0) is 16.0 Å². The van der Waals surface area contributed by atoms with Crippen LogP contribution >= 0.6 is 22.4 Å². The number of alkyl halides is 3. The van der Waals surface area contributed by atoms with Crippen LogP contribution in [0.3, 0.4) is 0 Å². The molecule has 2 aromatic rings. The van der Waals surface area contributed by atoms with Crippen molar-refractivity contribution in [1.82, 2.24) is 9.62 Å². The Morgan fingerprint density at radius 3 is 2.69 bits per heavy atom. The first-order chi connectivity index (χ1) is 21.3. The summed E-state index contributed by atoms with van der Waals surface area (Å²) in [6, 6.07) is 9.88. The zero-order valence-electron chi connectivity index (χ0n) is 24.8. The molecule has 0 saturated carbocycles. The summed E-state index contributed by atoms with van der Waals surface area (Å²) in [6.45, 7) is 1.14. The standard InChI is InChI=1S/C31H41ClF4N4O4S/c32-21-8-6-19(7-9-21)28(20-12-13-44-24(15-20)16-31(34,35)36)29(37)30(41)39-27-5-1-4-26(33)25(27)11-10-23-17-38-22-3-2-14-45(42,43)40(23)18-22/h1,4-9,20,22-24,28-29,38,42-43H,2-3,10-18,37H2,(H,39,41)/t20?,22?,23?,24?,28-,29-/m0/s1. The van der Waals surface area contributed by atoms with Gasteiger partial charge in [-0.3, -0.25) is 13.9 Å². The van der Waals surface area contributed by atoms with Crippen LogP contribution in [0.4, 0.5) is 23.2 Å². The first-order valence-corrected chi connectivity index (χ1v) is 17.4. The predicted molar refractivity (Wildman–Crippen MR) is 168 cm³/mol. The van der Waals surface area contributed by atoms with Gasteiger partial charge in [0.25, 0.3) is 0 Å². The lowest BCUT2D eigenvalue weighted by atomic mass is 9.75. The monoisotopic (exact) mass is 676 g/mol. The summed E-state index contributed by atoms with van der Waals surface area (Å²) in [5, 5.41) is 6.72. The molecule has 5 rings (SSSR count). The number of rotatable bonds is 9. The molecule has 3 aliphatic rings. The number of benzene rings is 2. The Kier molecular flexibility index (Phi) is 11.0. The van der Waals surface area contributed by atoms with Gasteiger partial charge in [-0.2, -0.15) is 13.2 Å². The van der Waals surface area contributed by atoms with E-state index in [1.165, 1.54) is 12.1 Å². The summed E-state index contributed by atoms with van der Waals surface area (Å²) < 4.78 is 83.5. The quantitative estimate of drug-likeness (QED) is 0.198. The lowest BCUT2D eigenvalue weighted by molar-refractivity contribution is -0.169. The molecule has 14 heteroatoms. The normalized spacial score (nSPS) is 28.8. The summed E-state index contributed by atoms with van der Waals surface area (Å²) in [5.41, 5.74) is 7.77. The van der Waals surface area contributed by atoms with Gasteiger partial charge in [0.1, 0.15) is 5.82 Å². The maximum atomic E-state index is 15.2. The van der Waals surface area contributed by atoms with E-state index >= 15 is 4.39 Å². The number of amides is 1. The second kappa shape index (κ2) is 14.4. The molecule has 2 bridgehead atoms. The summed E-state index contributed by atoms with van der Waals surface area (Å²) in [6.07, 6.45) is -3.83. The van der Waals surface area contributed by atoms with Gasteiger partial charge in [-0.05, 0) is 74.3 Å². The average molecular weight is 677 g/mol. The Labute approximate surface area is 267 Å². The molecule has 3 aliphatic heterocycles. The maximum absolute atomic E-state index is 15.2. The van der Waals surface area contributed by atoms with Gasteiger partial charge in [0.05, 0.1) is 24.3 Å². The lowest BCUT2D eigenvalue weighted by Crippen LogP contribution is -2.55. The fourth-order valence-electron chi connectivity index (χ4n) is 6.99. The Morgan fingerprint density at radius 1 is 1.20 bits per heavy atom. The van der Waals surface area contributed by atoms with E-state index in [-0.39, 0.29) is 48.7 Å². The van der Waals surface area contributed by atoms with Crippen molar-refractivity contribution in [3.05, 3.63) is 64.4 Å². The molecule has 45 heavy (non-hydrogen) atoms. The molecule has 2 aromatic carbocycles. The molecule has 0 radical (unpaired) electrons. The van der Waals surface area contributed by atoms with Crippen LogP contribution in [0.15, 0.2) is 42.5 Å². The first-order valence-electron chi connectivity index (χ1n) is 15.3. The van der Waals surface area contributed by atoms with Gasteiger partial charge in [0.15, 0.2) is 0 Å². The molecule has 8 nitrogen and oxygen atoms in total. The van der Waals surface area contributed by atoms with E-state index in [1.807, 2.05) is 0 Å². The fraction of sp³-hybridized carbons (Fsp3) is 0.581. The van der Waals surface area contributed by atoms with E-state index in [4.69, 9.17) is 22.1 Å². The Hall–Kier alpha value is -1.97. The maximum Gasteiger partial charge on any atom is 0.391 e. The summed E-state index contributed by atoms with van der Waals surface area (Å²) in [4.78, 5) is 13.7. The second-order valence-electron chi connectivity index (χ2n) is 12.3. The van der Waals surface area contributed by atoms with Crippen molar-refractivity contribution in [3.63, 3.8) is 0 Å². The highest BCUT2D eigenvalue weighted by molar-refractivity contribution is 8.22. The lowest BCUT2D eigenvalue weighted by Gasteiger charge is -2.49. The van der Waals surface area contributed by atoms with Crippen molar-refractivity contribution in [2.75, 3.05) is 30.8 Å². The van der Waals surface area contributed by atoms with Crippen molar-refractivity contribution in [2.24, 2.45) is 11.7 Å². The molecule has 1 amide bonds. The molecule has 3 heterocycles. The molecule has 0 spiro atoms. The smallest absolute Gasteiger partial charge is 0.378 e. The number of ether oxygens (including phenoxy) is 1. The summed E-state index contributed by atoms with van der Waals surface area (Å²) >= 11 is 6.09. The predicted octanol–water partition coefficient (Wildman–Crippen LogP) is 6.31.